The van der Waals surface area contributed by atoms with E-state index >= 15 is 0 Å². The average Bonchev–Trinajstić information content (AvgIpc) is 2.71. The van der Waals surface area contributed by atoms with Crippen LogP contribution in [0.4, 0.5) is 11.5 Å². The number of benzene rings is 1. The summed E-state index contributed by atoms with van der Waals surface area (Å²) < 4.78 is 0. The monoisotopic (exact) mass is 401 g/mol. The Morgan fingerprint density at radius 2 is 2.00 bits per heavy atom. The van der Waals surface area contributed by atoms with E-state index in [9.17, 15) is 14.7 Å². The normalized spacial score (nSPS) is 11.7. The number of carboxylic acids is 1. The van der Waals surface area contributed by atoms with Crippen molar-refractivity contribution in [1.29, 1.82) is 0 Å². The maximum absolute atomic E-state index is 12.6. The molecule has 29 heavy (non-hydrogen) atoms. The molecule has 1 atom stereocenters. The number of aromatic nitrogens is 2. The first-order chi connectivity index (χ1) is 13.8. The molecule has 0 bridgehead atoms. The van der Waals surface area contributed by atoms with E-state index in [1.165, 1.54) is 6.33 Å². The molecule has 2 rings (SSSR count). The summed E-state index contributed by atoms with van der Waals surface area (Å²) in [4.78, 5) is 33.3. The molecule has 4 N–H and O–H groups in total. The Bertz CT molecular complexity index is 859. The maximum Gasteiger partial charge on any atom is 0.320 e. The van der Waals surface area contributed by atoms with Crippen molar-refractivity contribution in [3.63, 3.8) is 0 Å². The van der Waals surface area contributed by atoms with Crippen LogP contribution in [-0.2, 0) is 11.3 Å². The number of anilines is 2. The summed E-state index contributed by atoms with van der Waals surface area (Å²) in [5.41, 5.74) is 2.59. The molecule has 9 nitrogen and oxygen atoms in total. The van der Waals surface area contributed by atoms with Gasteiger partial charge in [0.25, 0.3) is 5.91 Å². The van der Waals surface area contributed by atoms with Crippen molar-refractivity contribution in [2.24, 2.45) is 0 Å². The SMILES string of the molecule is CCCN(CO)c1cc(C(=O)Nc2ccc(CNC(C)C(=O)O)cc2C)ncn1. The summed E-state index contributed by atoms with van der Waals surface area (Å²) in [7, 11) is 0. The number of carbonyl (C=O) groups is 2. The first kappa shape index (κ1) is 22.3. The molecule has 0 aliphatic heterocycles. The molecule has 0 saturated heterocycles. The van der Waals surface area contributed by atoms with Crippen LogP contribution in [0.3, 0.4) is 0 Å². The van der Waals surface area contributed by atoms with Crippen LogP contribution in [0.2, 0.25) is 0 Å². The second-order valence-electron chi connectivity index (χ2n) is 6.71. The molecule has 1 aromatic carbocycles. The van der Waals surface area contributed by atoms with E-state index in [1.807, 2.05) is 26.0 Å². The Balaban J connectivity index is 2.08. The number of nitrogens with zero attached hydrogens (tertiary/aromatic N) is 3. The number of nitrogens with one attached hydrogen (secondary N) is 2. The number of aliphatic hydroxyl groups excluding tert-OH is 1. The lowest BCUT2D eigenvalue weighted by molar-refractivity contribution is -0.139. The Kier molecular flexibility index (Phi) is 8.05. The first-order valence-corrected chi connectivity index (χ1v) is 9.40. The lowest BCUT2D eigenvalue weighted by atomic mass is 10.1. The number of carbonyl (C=O) groups excluding carboxylic acids is 1. The molecule has 0 aliphatic rings. The highest BCUT2D eigenvalue weighted by Gasteiger charge is 2.14. The lowest BCUT2D eigenvalue weighted by Crippen LogP contribution is -2.33. The zero-order chi connectivity index (χ0) is 21.4. The van der Waals surface area contributed by atoms with Crippen molar-refractivity contribution in [3.8, 4) is 0 Å². The summed E-state index contributed by atoms with van der Waals surface area (Å²) >= 11 is 0. The zero-order valence-corrected chi connectivity index (χ0v) is 16.8. The fraction of sp³-hybridized carbons (Fsp3) is 0.400. The van der Waals surface area contributed by atoms with Crippen LogP contribution in [-0.4, -0.2) is 51.4 Å². The number of hydrogen-bond acceptors (Lipinski definition) is 7. The van der Waals surface area contributed by atoms with Crippen molar-refractivity contribution < 1.29 is 19.8 Å². The summed E-state index contributed by atoms with van der Waals surface area (Å²) in [5.74, 6) is -0.801. The van der Waals surface area contributed by atoms with E-state index in [-0.39, 0.29) is 18.3 Å². The molecular weight excluding hydrogens is 374 g/mol. The minimum atomic E-state index is -0.909. The summed E-state index contributed by atoms with van der Waals surface area (Å²) in [6, 6.07) is 6.38. The fourth-order valence-electron chi connectivity index (χ4n) is 2.69. The second-order valence-corrected chi connectivity index (χ2v) is 6.71. The van der Waals surface area contributed by atoms with Crippen molar-refractivity contribution in [2.45, 2.75) is 39.8 Å². The summed E-state index contributed by atoms with van der Waals surface area (Å²) in [6.45, 7) is 6.26. The van der Waals surface area contributed by atoms with Gasteiger partial charge in [0.2, 0.25) is 0 Å². The number of aryl methyl sites for hydroxylation is 1. The van der Waals surface area contributed by atoms with Crippen LogP contribution in [0.1, 0.15) is 41.9 Å². The van der Waals surface area contributed by atoms with E-state index in [4.69, 9.17) is 5.11 Å². The van der Waals surface area contributed by atoms with Crippen LogP contribution in [0.15, 0.2) is 30.6 Å². The van der Waals surface area contributed by atoms with Gasteiger partial charge in [-0.05, 0) is 37.5 Å². The van der Waals surface area contributed by atoms with Gasteiger partial charge in [-0.2, -0.15) is 0 Å². The zero-order valence-electron chi connectivity index (χ0n) is 16.8. The van der Waals surface area contributed by atoms with Gasteiger partial charge < -0.3 is 25.7 Å². The molecule has 1 unspecified atom stereocenters. The largest absolute Gasteiger partial charge is 0.480 e. The Morgan fingerprint density at radius 3 is 2.62 bits per heavy atom. The quantitative estimate of drug-likeness (QED) is 0.444. The number of carboxylic acid groups (broad SMARTS) is 1. The van der Waals surface area contributed by atoms with Gasteiger partial charge in [0.05, 0.1) is 0 Å². The van der Waals surface area contributed by atoms with E-state index in [2.05, 4.69) is 20.6 Å². The van der Waals surface area contributed by atoms with Crippen LogP contribution in [0.5, 0.6) is 0 Å². The molecule has 0 aliphatic carbocycles. The molecule has 0 saturated carbocycles. The smallest absolute Gasteiger partial charge is 0.320 e. The van der Waals surface area contributed by atoms with E-state index < -0.39 is 12.0 Å². The van der Waals surface area contributed by atoms with Gasteiger partial charge in [0, 0.05) is 24.8 Å². The molecular formula is C20H27N5O4. The van der Waals surface area contributed by atoms with E-state index in [0.717, 1.165) is 17.5 Å². The van der Waals surface area contributed by atoms with Crippen molar-refractivity contribution in [1.82, 2.24) is 15.3 Å². The molecule has 0 radical (unpaired) electrons. The number of aliphatic hydroxyl groups is 1. The van der Waals surface area contributed by atoms with Gasteiger partial charge in [0.15, 0.2) is 0 Å². The van der Waals surface area contributed by atoms with Gasteiger partial charge in [-0.1, -0.05) is 19.1 Å². The van der Waals surface area contributed by atoms with Gasteiger partial charge in [-0.3, -0.25) is 9.59 Å². The molecule has 156 valence electrons. The molecule has 1 heterocycles. The highest BCUT2D eigenvalue weighted by atomic mass is 16.4. The molecule has 1 aromatic heterocycles. The predicted octanol–water partition coefficient (Wildman–Crippen LogP) is 1.77. The third-order valence-electron chi connectivity index (χ3n) is 4.40. The van der Waals surface area contributed by atoms with Gasteiger partial charge >= 0.3 is 5.97 Å². The molecule has 9 heteroatoms. The predicted molar refractivity (Wildman–Crippen MR) is 110 cm³/mol. The van der Waals surface area contributed by atoms with Crippen molar-refractivity contribution in [3.05, 3.63) is 47.4 Å². The van der Waals surface area contributed by atoms with Crippen molar-refractivity contribution in [2.75, 3.05) is 23.5 Å². The van der Waals surface area contributed by atoms with Gasteiger partial charge in [-0.15, -0.1) is 0 Å². The Hall–Kier alpha value is -3.04. The van der Waals surface area contributed by atoms with Crippen LogP contribution in [0, 0.1) is 6.92 Å². The van der Waals surface area contributed by atoms with Crippen LogP contribution in [0.25, 0.3) is 0 Å². The minimum absolute atomic E-state index is 0.193. The maximum atomic E-state index is 12.6. The number of hydrogen-bond donors (Lipinski definition) is 4. The third kappa shape index (κ3) is 6.23. The summed E-state index contributed by atoms with van der Waals surface area (Å²) in [6.07, 6.45) is 2.13. The van der Waals surface area contributed by atoms with Gasteiger partial charge in [-0.25, -0.2) is 9.97 Å². The van der Waals surface area contributed by atoms with E-state index in [0.29, 0.717) is 24.6 Å². The third-order valence-corrected chi connectivity index (χ3v) is 4.40. The van der Waals surface area contributed by atoms with E-state index in [1.54, 1.807) is 24.0 Å². The standard InChI is InChI=1S/C20H27N5O4/c1-4-7-25(12-26)18-9-17(22-11-23-18)19(27)24-16-6-5-15(8-13(16)2)10-21-14(3)20(28)29/h5-6,8-9,11,14,21,26H,4,7,10,12H2,1-3H3,(H,24,27)(H,28,29). The first-order valence-electron chi connectivity index (χ1n) is 9.40. The minimum Gasteiger partial charge on any atom is -0.480 e. The van der Waals surface area contributed by atoms with Crippen molar-refractivity contribution >= 4 is 23.4 Å². The van der Waals surface area contributed by atoms with Crippen LogP contribution < -0.4 is 15.5 Å². The fourth-order valence-corrected chi connectivity index (χ4v) is 2.69. The highest BCUT2D eigenvalue weighted by Crippen LogP contribution is 2.18. The van der Waals surface area contributed by atoms with Gasteiger partial charge in [0.1, 0.15) is 30.6 Å². The van der Waals surface area contributed by atoms with Crippen LogP contribution >= 0.6 is 0 Å². The Labute approximate surface area is 169 Å². The molecule has 0 fully saturated rings. The number of rotatable bonds is 10. The second kappa shape index (κ2) is 10.5. The number of amides is 1. The summed E-state index contributed by atoms with van der Waals surface area (Å²) in [5, 5.41) is 24.1. The molecule has 2 aromatic rings. The topological polar surface area (TPSA) is 128 Å². The highest BCUT2D eigenvalue weighted by molar-refractivity contribution is 6.03. The molecule has 1 amide bonds. The average molecular weight is 401 g/mol. The number of aliphatic carboxylic acids is 1. The molecule has 0 spiro atoms. The lowest BCUT2D eigenvalue weighted by Gasteiger charge is -2.20. The Morgan fingerprint density at radius 1 is 1.24 bits per heavy atom.